The fourth-order valence-electron chi connectivity index (χ4n) is 3.10. The van der Waals surface area contributed by atoms with Gasteiger partial charge in [-0.3, -0.25) is 0 Å². The number of ether oxygens (including phenoxy) is 1. The molecular formula is C24H29N5O2. The molecule has 0 spiro atoms. The van der Waals surface area contributed by atoms with Crippen LogP contribution in [0.4, 0.5) is 28.7 Å². The molecule has 0 aliphatic rings. The summed E-state index contributed by atoms with van der Waals surface area (Å²) in [7, 11) is 0. The largest absolute Gasteiger partial charge is 0.462 e. The molecule has 7 nitrogen and oxygen atoms in total. The number of nitrogens with zero attached hydrogens (tertiary/aromatic N) is 3. The van der Waals surface area contributed by atoms with Crippen molar-refractivity contribution in [2.75, 3.05) is 29.1 Å². The number of carbonyl (C=O) groups is 1. The average molecular weight is 420 g/mol. The molecule has 0 aliphatic heterocycles. The van der Waals surface area contributed by atoms with Gasteiger partial charge in [0.25, 0.3) is 0 Å². The Bertz CT molecular complexity index is 1030. The van der Waals surface area contributed by atoms with Crippen LogP contribution >= 0.6 is 0 Å². The number of aryl methyl sites for hydroxylation is 1. The second kappa shape index (κ2) is 9.93. The van der Waals surface area contributed by atoms with E-state index in [0.717, 1.165) is 16.9 Å². The van der Waals surface area contributed by atoms with Gasteiger partial charge < -0.3 is 20.7 Å². The van der Waals surface area contributed by atoms with E-state index in [4.69, 9.17) is 10.5 Å². The van der Waals surface area contributed by atoms with Crippen LogP contribution in [0.15, 0.2) is 54.9 Å². The van der Waals surface area contributed by atoms with Crippen LogP contribution in [-0.4, -0.2) is 29.1 Å². The standard InChI is InChI=1S/C24H29N5O2/c1-5-29(20-8-6-7-17(4)13-20)23-21(25)22(26-15-27-23)28-19-11-9-18(10-12-19)24(30)31-14-16(2)3/h6-13,15-16H,5,14,25H2,1-4H3,(H,26,27,28). The van der Waals surface area contributed by atoms with Crippen LogP contribution in [0.1, 0.15) is 36.7 Å². The highest BCUT2D eigenvalue weighted by Gasteiger charge is 2.16. The van der Waals surface area contributed by atoms with E-state index in [1.54, 1.807) is 24.3 Å². The maximum absolute atomic E-state index is 12.1. The molecule has 7 heteroatoms. The van der Waals surface area contributed by atoms with Gasteiger partial charge in [-0.1, -0.05) is 26.0 Å². The lowest BCUT2D eigenvalue weighted by molar-refractivity contribution is 0.0459. The van der Waals surface area contributed by atoms with Gasteiger partial charge in [0.2, 0.25) is 0 Å². The third-order valence-electron chi connectivity index (χ3n) is 4.68. The number of esters is 1. The normalized spacial score (nSPS) is 10.7. The molecule has 0 saturated carbocycles. The van der Waals surface area contributed by atoms with Gasteiger partial charge in [-0.15, -0.1) is 0 Å². The van der Waals surface area contributed by atoms with E-state index >= 15 is 0 Å². The Balaban J connectivity index is 1.79. The van der Waals surface area contributed by atoms with Crippen LogP contribution in [0.3, 0.4) is 0 Å². The van der Waals surface area contributed by atoms with Gasteiger partial charge in [-0.25, -0.2) is 14.8 Å². The summed E-state index contributed by atoms with van der Waals surface area (Å²) in [5.74, 6) is 1.11. The Hall–Kier alpha value is -3.61. The Morgan fingerprint density at radius 1 is 1.16 bits per heavy atom. The summed E-state index contributed by atoms with van der Waals surface area (Å²) in [6.45, 7) is 9.20. The number of anilines is 5. The first-order valence-corrected chi connectivity index (χ1v) is 10.4. The van der Waals surface area contributed by atoms with Crippen molar-refractivity contribution in [3.8, 4) is 0 Å². The molecule has 0 saturated heterocycles. The number of nitrogens with two attached hydrogens (primary N) is 1. The number of carbonyl (C=O) groups excluding carboxylic acids is 1. The van der Waals surface area contributed by atoms with Gasteiger partial charge in [-0.2, -0.15) is 0 Å². The van der Waals surface area contributed by atoms with Crippen molar-refractivity contribution < 1.29 is 9.53 Å². The molecular weight excluding hydrogens is 390 g/mol. The van der Waals surface area contributed by atoms with Crippen LogP contribution in [0.5, 0.6) is 0 Å². The second-order valence-electron chi connectivity index (χ2n) is 7.74. The molecule has 0 atom stereocenters. The van der Waals surface area contributed by atoms with Crippen molar-refractivity contribution in [2.24, 2.45) is 5.92 Å². The summed E-state index contributed by atoms with van der Waals surface area (Å²) in [4.78, 5) is 22.9. The van der Waals surface area contributed by atoms with E-state index in [-0.39, 0.29) is 5.97 Å². The Morgan fingerprint density at radius 2 is 1.90 bits per heavy atom. The zero-order valence-corrected chi connectivity index (χ0v) is 18.4. The van der Waals surface area contributed by atoms with Crippen molar-refractivity contribution in [1.82, 2.24) is 9.97 Å². The highest BCUT2D eigenvalue weighted by atomic mass is 16.5. The molecule has 0 unspecified atom stereocenters. The van der Waals surface area contributed by atoms with Gasteiger partial charge in [0.05, 0.1) is 12.2 Å². The molecule has 0 aliphatic carbocycles. The van der Waals surface area contributed by atoms with E-state index in [9.17, 15) is 4.79 Å². The number of hydrogen-bond acceptors (Lipinski definition) is 7. The molecule has 162 valence electrons. The predicted molar refractivity (Wildman–Crippen MR) is 125 cm³/mol. The number of hydrogen-bond donors (Lipinski definition) is 2. The Morgan fingerprint density at radius 3 is 2.55 bits per heavy atom. The minimum atomic E-state index is -0.333. The third kappa shape index (κ3) is 5.51. The van der Waals surface area contributed by atoms with Gasteiger partial charge in [0.15, 0.2) is 11.6 Å². The monoisotopic (exact) mass is 419 g/mol. The topological polar surface area (TPSA) is 93.4 Å². The van der Waals surface area contributed by atoms with Crippen LogP contribution in [0.2, 0.25) is 0 Å². The number of nitrogen functional groups attached to an aromatic ring is 1. The number of benzene rings is 2. The lowest BCUT2D eigenvalue weighted by atomic mass is 10.2. The van der Waals surface area contributed by atoms with Crippen molar-refractivity contribution in [1.29, 1.82) is 0 Å². The maximum Gasteiger partial charge on any atom is 0.338 e. The summed E-state index contributed by atoms with van der Waals surface area (Å²) in [6.07, 6.45) is 1.49. The molecule has 1 heterocycles. The Kier molecular flexibility index (Phi) is 7.07. The van der Waals surface area contributed by atoms with Gasteiger partial charge >= 0.3 is 5.97 Å². The molecule has 31 heavy (non-hydrogen) atoms. The van der Waals surface area contributed by atoms with E-state index in [2.05, 4.69) is 34.3 Å². The van der Waals surface area contributed by atoms with E-state index in [0.29, 0.717) is 42.0 Å². The smallest absolute Gasteiger partial charge is 0.338 e. The zero-order valence-electron chi connectivity index (χ0n) is 18.4. The van der Waals surface area contributed by atoms with Gasteiger partial charge in [0.1, 0.15) is 12.0 Å². The molecule has 0 bridgehead atoms. The molecule has 3 rings (SSSR count). The van der Waals surface area contributed by atoms with E-state index in [1.807, 2.05) is 37.8 Å². The van der Waals surface area contributed by atoms with Crippen molar-refractivity contribution in [2.45, 2.75) is 27.7 Å². The number of rotatable bonds is 8. The molecule has 3 N–H and O–H groups in total. The summed E-state index contributed by atoms with van der Waals surface area (Å²) >= 11 is 0. The summed E-state index contributed by atoms with van der Waals surface area (Å²) in [5.41, 5.74) is 10.3. The molecule has 1 aromatic heterocycles. The lowest BCUT2D eigenvalue weighted by Gasteiger charge is -2.24. The first kappa shape index (κ1) is 22.1. The summed E-state index contributed by atoms with van der Waals surface area (Å²) < 4.78 is 5.27. The quantitative estimate of drug-likeness (QED) is 0.492. The fourth-order valence-corrected chi connectivity index (χ4v) is 3.10. The second-order valence-corrected chi connectivity index (χ2v) is 7.74. The summed E-state index contributed by atoms with van der Waals surface area (Å²) in [6, 6.07) is 15.2. The molecule has 2 aromatic carbocycles. The molecule has 0 amide bonds. The predicted octanol–water partition coefficient (Wildman–Crippen LogP) is 5.08. The lowest BCUT2D eigenvalue weighted by Crippen LogP contribution is -2.20. The van der Waals surface area contributed by atoms with E-state index in [1.165, 1.54) is 6.33 Å². The fraction of sp³-hybridized carbons (Fsp3) is 0.292. The van der Waals surface area contributed by atoms with Gasteiger partial charge in [0, 0.05) is 17.9 Å². The molecule has 3 aromatic rings. The first-order valence-electron chi connectivity index (χ1n) is 10.4. The van der Waals surface area contributed by atoms with E-state index < -0.39 is 0 Å². The third-order valence-corrected chi connectivity index (χ3v) is 4.68. The van der Waals surface area contributed by atoms with Crippen molar-refractivity contribution in [3.63, 3.8) is 0 Å². The minimum absolute atomic E-state index is 0.294. The highest BCUT2D eigenvalue weighted by Crippen LogP contribution is 2.33. The maximum atomic E-state index is 12.1. The van der Waals surface area contributed by atoms with Crippen LogP contribution in [0, 0.1) is 12.8 Å². The first-order chi connectivity index (χ1) is 14.9. The number of aromatic nitrogens is 2. The summed E-state index contributed by atoms with van der Waals surface area (Å²) in [5, 5.41) is 3.22. The Labute approximate surface area is 183 Å². The highest BCUT2D eigenvalue weighted by molar-refractivity contribution is 5.90. The minimum Gasteiger partial charge on any atom is -0.462 e. The van der Waals surface area contributed by atoms with Crippen LogP contribution < -0.4 is 16.0 Å². The number of nitrogens with one attached hydrogen (secondary N) is 1. The molecule has 0 radical (unpaired) electrons. The van der Waals surface area contributed by atoms with Crippen molar-refractivity contribution in [3.05, 3.63) is 66.0 Å². The van der Waals surface area contributed by atoms with Crippen LogP contribution in [0.25, 0.3) is 0 Å². The van der Waals surface area contributed by atoms with Crippen molar-refractivity contribution >= 4 is 34.7 Å². The average Bonchev–Trinajstić information content (AvgIpc) is 2.75. The zero-order chi connectivity index (χ0) is 22.4. The van der Waals surface area contributed by atoms with Gasteiger partial charge in [-0.05, 0) is 61.7 Å². The SMILES string of the molecule is CCN(c1cccc(C)c1)c1ncnc(Nc2ccc(C(=O)OCC(C)C)cc2)c1N. The van der Waals surface area contributed by atoms with Crippen LogP contribution in [-0.2, 0) is 4.74 Å². The molecule has 0 fully saturated rings.